The van der Waals surface area contributed by atoms with Crippen LogP contribution < -0.4 is 0 Å². The van der Waals surface area contributed by atoms with Gasteiger partial charge in [0.1, 0.15) is 0 Å². The molecule has 0 aliphatic rings. The Morgan fingerprint density at radius 1 is 0.450 bits per heavy atom. The van der Waals surface area contributed by atoms with Crippen LogP contribution in [0.3, 0.4) is 0 Å². The van der Waals surface area contributed by atoms with Crippen LogP contribution in [0, 0.1) is 0 Å². The second kappa shape index (κ2) is 10.5. The van der Waals surface area contributed by atoms with Crippen LogP contribution in [-0.2, 0) is 20.2 Å². The van der Waals surface area contributed by atoms with E-state index in [9.17, 15) is 16.8 Å². The molecule has 0 aromatic rings. The lowest BCUT2D eigenvalue weighted by Crippen LogP contribution is -2.03. The number of unbranched alkanes of at least 4 members (excludes halogenated alkanes) is 9. The molecule has 0 unspecified atom stereocenters. The molecule has 0 saturated carbocycles. The van der Waals surface area contributed by atoms with E-state index in [1.165, 1.54) is 0 Å². The summed E-state index contributed by atoms with van der Waals surface area (Å²) in [5.41, 5.74) is 0. The van der Waals surface area contributed by atoms with Crippen molar-refractivity contribution >= 4 is 20.2 Å². The minimum absolute atomic E-state index is 0.152. The minimum Gasteiger partial charge on any atom is -0.286 e. The average Bonchev–Trinajstić information content (AvgIpc) is 2.27. The van der Waals surface area contributed by atoms with Crippen LogP contribution >= 0.6 is 0 Å². The molecule has 0 aromatic heterocycles. The Labute approximate surface area is 122 Å². The molecule has 0 aliphatic heterocycles. The Kier molecular flexibility index (Phi) is 10.4. The van der Waals surface area contributed by atoms with Crippen molar-refractivity contribution in [3.63, 3.8) is 0 Å². The van der Waals surface area contributed by atoms with Gasteiger partial charge in [0.2, 0.25) is 0 Å². The molecule has 2 N–H and O–H groups in total. The first kappa shape index (κ1) is 19.8. The van der Waals surface area contributed by atoms with E-state index in [0.717, 1.165) is 51.4 Å². The van der Waals surface area contributed by atoms with Gasteiger partial charge in [0.05, 0.1) is 11.5 Å². The van der Waals surface area contributed by atoms with Gasteiger partial charge in [-0.3, -0.25) is 9.11 Å². The van der Waals surface area contributed by atoms with Crippen LogP contribution in [-0.4, -0.2) is 37.4 Å². The molecule has 0 atom stereocenters. The maximum atomic E-state index is 10.5. The largest absolute Gasteiger partial charge is 0.286 e. The maximum Gasteiger partial charge on any atom is 0.264 e. The van der Waals surface area contributed by atoms with Crippen LogP contribution in [0.15, 0.2) is 0 Å². The van der Waals surface area contributed by atoms with Crippen molar-refractivity contribution in [2.24, 2.45) is 0 Å². The summed E-state index contributed by atoms with van der Waals surface area (Å²) in [6, 6.07) is 0. The van der Waals surface area contributed by atoms with Gasteiger partial charge in [0.15, 0.2) is 0 Å². The molecule has 20 heavy (non-hydrogen) atoms. The van der Waals surface area contributed by atoms with Gasteiger partial charge in [0, 0.05) is 0 Å². The zero-order chi connectivity index (χ0) is 15.5. The average molecular weight is 330 g/mol. The normalized spacial score (nSPS) is 12.7. The van der Waals surface area contributed by atoms with Crippen molar-refractivity contribution in [1.29, 1.82) is 0 Å². The molecule has 122 valence electrons. The van der Waals surface area contributed by atoms with E-state index in [1.807, 2.05) is 0 Å². The second-order valence-corrected chi connectivity index (χ2v) is 8.25. The summed E-state index contributed by atoms with van der Waals surface area (Å²) in [4.78, 5) is 0. The predicted octanol–water partition coefficient (Wildman–Crippen LogP) is 2.66. The van der Waals surface area contributed by atoms with Crippen molar-refractivity contribution in [2.75, 3.05) is 11.5 Å². The van der Waals surface area contributed by atoms with Gasteiger partial charge < -0.3 is 0 Å². The van der Waals surface area contributed by atoms with Crippen molar-refractivity contribution in [1.82, 2.24) is 0 Å². The molecule has 0 rings (SSSR count). The quantitative estimate of drug-likeness (QED) is 0.397. The Balaban J connectivity index is 3.18. The van der Waals surface area contributed by atoms with E-state index in [2.05, 4.69) is 0 Å². The smallest absolute Gasteiger partial charge is 0.264 e. The molecule has 8 heteroatoms. The molecule has 0 amide bonds. The van der Waals surface area contributed by atoms with Crippen molar-refractivity contribution in [2.45, 2.75) is 64.2 Å². The van der Waals surface area contributed by atoms with Crippen LogP contribution in [0.4, 0.5) is 0 Å². The van der Waals surface area contributed by atoms with E-state index >= 15 is 0 Å². The fraction of sp³-hybridized carbons (Fsp3) is 1.00. The van der Waals surface area contributed by atoms with Gasteiger partial charge in [-0.25, -0.2) is 0 Å². The molecule has 0 spiro atoms. The first-order valence-electron chi connectivity index (χ1n) is 7.11. The Morgan fingerprint density at radius 2 is 0.650 bits per heavy atom. The zero-order valence-electron chi connectivity index (χ0n) is 11.8. The van der Waals surface area contributed by atoms with Crippen molar-refractivity contribution < 1.29 is 25.9 Å². The first-order chi connectivity index (χ1) is 9.21. The summed E-state index contributed by atoms with van der Waals surface area (Å²) >= 11 is 0. The van der Waals surface area contributed by atoms with E-state index in [-0.39, 0.29) is 11.5 Å². The molecular weight excluding hydrogens is 304 g/mol. The standard InChI is InChI=1S/C12H26O6S2/c13-19(14,15)11-9-7-5-3-1-2-4-6-8-10-12-20(16,17)18/h1-12H2,(H,13,14,15)(H,16,17,18). The summed E-state index contributed by atoms with van der Waals surface area (Å²) in [6.45, 7) is 0. The third-order valence-corrected chi connectivity index (χ3v) is 4.66. The van der Waals surface area contributed by atoms with E-state index in [1.54, 1.807) is 0 Å². The monoisotopic (exact) mass is 330 g/mol. The lowest BCUT2D eigenvalue weighted by Gasteiger charge is -2.02. The molecule has 0 saturated heterocycles. The molecule has 0 bridgehead atoms. The van der Waals surface area contributed by atoms with Gasteiger partial charge in [-0.2, -0.15) is 16.8 Å². The molecule has 0 heterocycles. The van der Waals surface area contributed by atoms with Gasteiger partial charge in [-0.15, -0.1) is 0 Å². The minimum atomic E-state index is -3.81. The van der Waals surface area contributed by atoms with Crippen LogP contribution in [0.1, 0.15) is 64.2 Å². The Bertz CT molecular complexity index is 385. The summed E-state index contributed by atoms with van der Waals surface area (Å²) < 4.78 is 58.9. The van der Waals surface area contributed by atoms with Gasteiger partial charge in [-0.1, -0.05) is 51.4 Å². The maximum absolute atomic E-state index is 10.5. The van der Waals surface area contributed by atoms with E-state index in [4.69, 9.17) is 9.11 Å². The lowest BCUT2D eigenvalue weighted by molar-refractivity contribution is 0.475. The fourth-order valence-electron chi connectivity index (χ4n) is 1.98. The second-order valence-electron chi connectivity index (χ2n) is 5.11. The number of hydrogen-bond donors (Lipinski definition) is 2. The zero-order valence-corrected chi connectivity index (χ0v) is 13.5. The first-order valence-corrected chi connectivity index (χ1v) is 10.3. The third-order valence-electron chi connectivity index (χ3n) is 3.05. The highest BCUT2D eigenvalue weighted by Crippen LogP contribution is 2.11. The molecule has 0 radical (unpaired) electrons. The topological polar surface area (TPSA) is 109 Å². The van der Waals surface area contributed by atoms with Crippen LogP contribution in [0.2, 0.25) is 0 Å². The van der Waals surface area contributed by atoms with Crippen LogP contribution in [0.5, 0.6) is 0 Å². The molecule has 6 nitrogen and oxygen atoms in total. The predicted molar refractivity (Wildman–Crippen MR) is 79.0 cm³/mol. The summed E-state index contributed by atoms with van der Waals surface area (Å²) in [7, 11) is -7.61. The summed E-state index contributed by atoms with van der Waals surface area (Å²) in [6.07, 6.45) is 8.86. The van der Waals surface area contributed by atoms with Gasteiger partial charge in [-0.05, 0) is 12.8 Å². The number of rotatable bonds is 13. The molecule has 0 aliphatic carbocycles. The van der Waals surface area contributed by atoms with E-state index < -0.39 is 20.2 Å². The Hall–Kier alpha value is -0.180. The SMILES string of the molecule is O=S(=O)(O)CCCCCCCCCCCCS(=O)(=O)O. The van der Waals surface area contributed by atoms with Crippen LogP contribution in [0.25, 0.3) is 0 Å². The Morgan fingerprint density at radius 3 is 0.850 bits per heavy atom. The third kappa shape index (κ3) is 17.8. The highest BCUT2D eigenvalue weighted by molar-refractivity contribution is 7.86. The highest BCUT2D eigenvalue weighted by Gasteiger charge is 2.03. The van der Waals surface area contributed by atoms with Gasteiger partial charge >= 0.3 is 0 Å². The molecule has 0 aromatic carbocycles. The van der Waals surface area contributed by atoms with Gasteiger partial charge in [0.25, 0.3) is 20.2 Å². The summed E-state index contributed by atoms with van der Waals surface area (Å²) in [5, 5.41) is 0. The summed E-state index contributed by atoms with van der Waals surface area (Å²) in [5.74, 6) is -0.304. The van der Waals surface area contributed by atoms with E-state index in [0.29, 0.717) is 12.8 Å². The van der Waals surface area contributed by atoms with Crippen molar-refractivity contribution in [3.8, 4) is 0 Å². The lowest BCUT2D eigenvalue weighted by atomic mass is 10.1. The van der Waals surface area contributed by atoms with Crippen molar-refractivity contribution in [3.05, 3.63) is 0 Å². The number of hydrogen-bond acceptors (Lipinski definition) is 4. The molecule has 0 fully saturated rings. The molecular formula is C12H26O6S2. The fourth-order valence-corrected chi connectivity index (χ4v) is 3.12. The highest BCUT2D eigenvalue weighted by atomic mass is 32.2.